The maximum absolute atomic E-state index is 13.2. The molecule has 0 saturated heterocycles. The molecule has 3 N–H and O–H groups in total. The van der Waals surface area contributed by atoms with Crippen LogP contribution < -0.4 is 10.9 Å². The molecule has 3 aromatic rings. The fourth-order valence-corrected chi connectivity index (χ4v) is 2.42. The summed E-state index contributed by atoms with van der Waals surface area (Å²) in [4.78, 5) is 24.3. The molecule has 2 aromatic carbocycles. The Morgan fingerprint density at radius 1 is 1.12 bits per heavy atom. The fraction of sp³-hybridized carbons (Fsp3) is 0.0588. The van der Waals surface area contributed by atoms with E-state index in [1.54, 1.807) is 0 Å². The number of carbonyl (C=O) groups is 1. The number of aromatic hydroxyl groups is 1. The number of hydrogen-bond acceptors (Lipinski definition) is 4. The van der Waals surface area contributed by atoms with Crippen LogP contribution in [-0.4, -0.2) is 21.0 Å². The number of benzene rings is 2. The van der Waals surface area contributed by atoms with Crippen LogP contribution >= 0.6 is 0 Å². The lowest BCUT2D eigenvalue weighted by atomic mass is 10.1. The molecule has 0 bridgehead atoms. The minimum Gasteiger partial charge on any atom is -0.506 e. The van der Waals surface area contributed by atoms with Gasteiger partial charge < -0.3 is 15.6 Å². The number of hydrogen-bond donors (Lipinski definition) is 3. The van der Waals surface area contributed by atoms with E-state index in [4.69, 9.17) is 0 Å². The van der Waals surface area contributed by atoms with Gasteiger partial charge in [0.05, 0.1) is 0 Å². The molecule has 0 aliphatic carbocycles. The van der Waals surface area contributed by atoms with E-state index in [9.17, 15) is 28.7 Å². The van der Waals surface area contributed by atoms with Crippen LogP contribution in [0.25, 0.3) is 10.9 Å². The SMILES string of the molecule is O=C(NCc1ccc(F)c(F)c1)c1cc2cccc(O)c2n(O)c1=O. The second-order valence-electron chi connectivity index (χ2n) is 5.32. The first-order chi connectivity index (χ1) is 11.9. The average molecular weight is 346 g/mol. The largest absolute Gasteiger partial charge is 0.506 e. The molecule has 0 atom stereocenters. The normalized spacial score (nSPS) is 10.8. The molecule has 25 heavy (non-hydrogen) atoms. The number of pyridine rings is 1. The number of rotatable bonds is 3. The average Bonchev–Trinajstić information content (AvgIpc) is 2.58. The maximum Gasteiger partial charge on any atom is 0.296 e. The van der Waals surface area contributed by atoms with E-state index in [2.05, 4.69) is 5.32 Å². The summed E-state index contributed by atoms with van der Waals surface area (Å²) in [6.45, 7) is -0.140. The first kappa shape index (κ1) is 16.4. The van der Waals surface area contributed by atoms with Gasteiger partial charge in [0, 0.05) is 11.9 Å². The Kier molecular flexibility index (Phi) is 4.10. The number of carbonyl (C=O) groups excluding carboxylic acids is 1. The Morgan fingerprint density at radius 3 is 2.60 bits per heavy atom. The van der Waals surface area contributed by atoms with Crippen LogP contribution in [0.1, 0.15) is 15.9 Å². The Balaban J connectivity index is 1.91. The number of halogens is 2. The van der Waals surface area contributed by atoms with E-state index < -0.39 is 23.1 Å². The van der Waals surface area contributed by atoms with E-state index in [0.717, 1.165) is 12.1 Å². The van der Waals surface area contributed by atoms with Gasteiger partial charge in [-0.1, -0.05) is 18.2 Å². The van der Waals surface area contributed by atoms with Gasteiger partial charge >= 0.3 is 0 Å². The third kappa shape index (κ3) is 3.01. The number of fused-ring (bicyclic) bond motifs is 1. The van der Waals surface area contributed by atoms with Crippen LogP contribution in [0.2, 0.25) is 0 Å². The van der Waals surface area contributed by atoms with Gasteiger partial charge in [0.15, 0.2) is 11.6 Å². The monoisotopic (exact) mass is 346 g/mol. The minimum atomic E-state index is -1.05. The zero-order valence-electron chi connectivity index (χ0n) is 12.7. The Labute approximate surface area is 139 Å². The minimum absolute atomic E-state index is 0.121. The van der Waals surface area contributed by atoms with Gasteiger partial charge in [-0.25, -0.2) is 8.78 Å². The summed E-state index contributed by atoms with van der Waals surface area (Å²) in [6.07, 6.45) is 0. The van der Waals surface area contributed by atoms with Gasteiger partial charge in [-0.3, -0.25) is 9.59 Å². The van der Waals surface area contributed by atoms with Crippen molar-refractivity contribution in [2.75, 3.05) is 0 Å². The summed E-state index contributed by atoms with van der Waals surface area (Å²) >= 11 is 0. The first-order valence-electron chi connectivity index (χ1n) is 7.17. The number of amides is 1. The van der Waals surface area contributed by atoms with Crippen molar-refractivity contribution in [2.24, 2.45) is 0 Å². The molecule has 6 nitrogen and oxygen atoms in total. The van der Waals surface area contributed by atoms with Crippen LogP contribution in [-0.2, 0) is 6.54 Å². The van der Waals surface area contributed by atoms with Gasteiger partial charge in [0.2, 0.25) is 0 Å². The Morgan fingerprint density at radius 2 is 1.88 bits per heavy atom. The van der Waals surface area contributed by atoms with Crippen molar-refractivity contribution in [3.05, 3.63) is 75.6 Å². The molecule has 1 amide bonds. The second kappa shape index (κ2) is 6.23. The molecule has 1 heterocycles. The lowest BCUT2D eigenvalue weighted by molar-refractivity contribution is 0.0943. The first-order valence-corrected chi connectivity index (χ1v) is 7.17. The number of aromatic nitrogens is 1. The summed E-state index contributed by atoms with van der Waals surface area (Å²) < 4.78 is 26.2. The fourth-order valence-electron chi connectivity index (χ4n) is 2.42. The Hall–Kier alpha value is -3.42. The van der Waals surface area contributed by atoms with Gasteiger partial charge in [-0.2, -0.15) is 0 Å². The summed E-state index contributed by atoms with van der Waals surface area (Å²) in [5, 5.41) is 22.3. The van der Waals surface area contributed by atoms with Crippen LogP contribution in [0.15, 0.2) is 47.3 Å². The zero-order chi connectivity index (χ0) is 18.1. The zero-order valence-corrected chi connectivity index (χ0v) is 12.7. The molecular weight excluding hydrogens is 334 g/mol. The van der Waals surface area contributed by atoms with Crippen LogP contribution in [0, 0.1) is 11.6 Å². The van der Waals surface area contributed by atoms with Crippen molar-refractivity contribution in [1.29, 1.82) is 0 Å². The molecule has 0 aliphatic heterocycles. The molecule has 0 aliphatic rings. The van der Waals surface area contributed by atoms with Crippen LogP contribution in [0.3, 0.4) is 0 Å². The number of phenolic OH excluding ortho intramolecular Hbond substituents is 1. The molecule has 0 saturated carbocycles. The van der Waals surface area contributed by atoms with E-state index in [0.29, 0.717) is 5.56 Å². The summed E-state index contributed by atoms with van der Waals surface area (Å²) in [6, 6.07) is 8.66. The third-order valence-electron chi connectivity index (χ3n) is 3.66. The van der Waals surface area contributed by atoms with Crippen molar-refractivity contribution in [1.82, 2.24) is 10.0 Å². The Bertz CT molecular complexity index is 1050. The highest BCUT2D eigenvalue weighted by Gasteiger charge is 2.17. The number of para-hydroxylation sites is 1. The smallest absolute Gasteiger partial charge is 0.296 e. The van der Waals surface area contributed by atoms with Crippen molar-refractivity contribution in [2.45, 2.75) is 6.54 Å². The van der Waals surface area contributed by atoms with E-state index >= 15 is 0 Å². The van der Waals surface area contributed by atoms with Crippen molar-refractivity contribution >= 4 is 16.8 Å². The summed E-state index contributed by atoms with van der Waals surface area (Å²) in [7, 11) is 0. The molecule has 0 spiro atoms. The molecule has 0 unspecified atom stereocenters. The van der Waals surface area contributed by atoms with Crippen molar-refractivity contribution in [3.63, 3.8) is 0 Å². The molecule has 3 rings (SSSR count). The van der Waals surface area contributed by atoms with Crippen LogP contribution in [0.4, 0.5) is 8.78 Å². The predicted molar refractivity (Wildman–Crippen MR) is 84.6 cm³/mol. The van der Waals surface area contributed by atoms with E-state index in [1.165, 1.54) is 30.3 Å². The molecule has 1 aromatic heterocycles. The molecule has 8 heteroatoms. The van der Waals surface area contributed by atoms with Crippen molar-refractivity contribution < 1.29 is 23.9 Å². The quantitative estimate of drug-likeness (QED) is 0.634. The number of phenols is 1. The number of nitrogens with one attached hydrogen (secondary N) is 1. The third-order valence-corrected chi connectivity index (χ3v) is 3.66. The van der Waals surface area contributed by atoms with E-state index in [-0.39, 0.29) is 33.5 Å². The highest BCUT2D eigenvalue weighted by atomic mass is 19.2. The predicted octanol–water partition coefficient (Wildman–Crippen LogP) is 2.15. The van der Waals surface area contributed by atoms with Gasteiger partial charge in [0.1, 0.15) is 16.8 Å². The highest BCUT2D eigenvalue weighted by Crippen LogP contribution is 2.22. The van der Waals surface area contributed by atoms with E-state index in [1.807, 2.05) is 0 Å². The molecular formula is C17H12F2N2O4. The standard InChI is InChI=1S/C17H12F2N2O4/c18-12-5-4-9(6-13(12)19)8-20-16(23)11-7-10-2-1-3-14(22)15(10)21(25)17(11)24/h1-7,22,25H,8H2,(H,20,23). The van der Waals surface area contributed by atoms with Crippen LogP contribution in [0.5, 0.6) is 5.75 Å². The van der Waals surface area contributed by atoms with Gasteiger partial charge in [-0.15, -0.1) is 4.73 Å². The number of nitrogens with zero attached hydrogens (tertiary/aromatic N) is 1. The topological polar surface area (TPSA) is 91.6 Å². The second-order valence-corrected chi connectivity index (χ2v) is 5.32. The highest BCUT2D eigenvalue weighted by molar-refractivity contribution is 5.98. The molecule has 0 radical (unpaired) electrons. The molecule has 0 fully saturated rings. The lowest BCUT2D eigenvalue weighted by Gasteiger charge is -2.09. The maximum atomic E-state index is 13.2. The molecule has 128 valence electrons. The summed E-state index contributed by atoms with van der Waals surface area (Å²) in [5.74, 6) is -3.17. The lowest BCUT2D eigenvalue weighted by Crippen LogP contribution is -2.32. The van der Waals surface area contributed by atoms with Crippen molar-refractivity contribution in [3.8, 4) is 5.75 Å². The van der Waals surface area contributed by atoms with Gasteiger partial charge in [0.25, 0.3) is 11.5 Å². The summed E-state index contributed by atoms with van der Waals surface area (Å²) in [5.41, 5.74) is -1.19. The van der Waals surface area contributed by atoms with Gasteiger partial charge in [-0.05, 0) is 29.8 Å².